The van der Waals surface area contributed by atoms with Gasteiger partial charge in [-0.05, 0) is 18.6 Å². The molecule has 1 aromatic carbocycles. The Morgan fingerprint density at radius 3 is 2.83 bits per heavy atom. The molecule has 1 aliphatic heterocycles. The van der Waals surface area contributed by atoms with Gasteiger partial charge in [-0.25, -0.2) is 0 Å². The summed E-state index contributed by atoms with van der Waals surface area (Å²) in [7, 11) is 0. The van der Waals surface area contributed by atoms with Gasteiger partial charge in [0.25, 0.3) is 0 Å². The lowest BCUT2D eigenvalue weighted by Gasteiger charge is -2.20. The zero-order chi connectivity index (χ0) is 13.2. The van der Waals surface area contributed by atoms with Crippen LogP contribution in [0.15, 0.2) is 24.3 Å². The van der Waals surface area contributed by atoms with Gasteiger partial charge in [0.05, 0.1) is 5.41 Å². The summed E-state index contributed by atoms with van der Waals surface area (Å²) in [6.07, 6.45) is 0.237. The van der Waals surface area contributed by atoms with Gasteiger partial charge in [0.1, 0.15) is 0 Å². The van der Waals surface area contributed by atoms with Crippen molar-refractivity contribution < 1.29 is 9.59 Å². The van der Waals surface area contributed by atoms with Gasteiger partial charge in [-0.3, -0.25) is 9.59 Å². The molecule has 1 aliphatic rings. The third-order valence-corrected chi connectivity index (χ3v) is 3.54. The fourth-order valence-corrected chi connectivity index (χ4v) is 2.17. The van der Waals surface area contributed by atoms with Crippen LogP contribution < -0.4 is 10.6 Å². The van der Waals surface area contributed by atoms with Crippen molar-refractivity contribution in [2.75, 3.05) is 6.54 Å². The number of halogens is 1. The zero-order valence-electron chi connectivity index (χ0n) is 10.1. The van der Waals surface area contributed by atoms with E-state index in [-0.39, 0.29) is 18.2 Å². The van der Waals surface area contributed by atoms with Crippen LogP contribution in [0.2, 0.25) is 5.02 Å². The molecule has 0 aliphatic carbocycles. The number of nitrogens with one attached hydrogen (secondary N) is 2. The molecule has 0 bridgehead atoms. The van der Waals surface area contributed by atoms with Crippen LogP contribution in [0, 0.1) is 5.41 Å². The molecule has 2 amide bonds. The zero-order valence-corrected chi connectivity index (χ0v) is 10.9. The maximum atomic E-state index is 12.1. The van der Waals surface area contributed by atoms with E-state index in [9.17, 15) is 9.59 Å². The minimum Gasteiger partial charge on any atom is -0.355 e. The topological polar surface area (TPSA) is 58.2 Å². The van der Waals surface area contributed by atoms with E-state index in [0.717, 1.165) is 5.56 Å². The van der Waals surface area contributed by atoms with Crippen molar-refractivity contribution in [3.63, 3.8) is 0 Å². The second-order valence-corrected chi connectivity index (χ2v) is 5.20. The Morgan fingerprint density at radius 1 is 1.50 bits per heavy atom. The smallest absolute Gasteiger partial charge is 0.228 e. The first-order valence-electron chi connectivity index (χ1n) is 5.80. The molecule has 18 heavy (non-hydrogen) atoms. The molecule has 0 radical (unpaired) electrons. The lowest BCUT2D eigenvalue weighted by atomic mass is 9.88. The van der Waals surface area contributed by atoms with E-state index >= 15 is 0 Å². The fourth-order valence-electron chi connectivity index (χ4n) is 1.96. The Kier molecular flexibility index (Phi) is 3.57. The average Bonchev–Trinajstić information content (AvgIpc) is 2.69. The summed E-state index contributed by atoms with van der Waals surface area (Å²) in [5, 5.41) is 6.13. The van der Waals surface area contributed by atoms with Gasteiger partial charge in [0, 0.05) is 24.5 Å². The van der Waals surface area contributed by atoms with Crippen LogP contribution in [-0.2, 0) is 16.1 Å². The van der Waals surface area contributed by atoms with E-state index in [1.54, 1.807) is 13.0 Å². The highest BCUT2D eigenvalue weighted by atomic mass is 35.5. The average molecular weight is 267 g/mol. The fraction of sp³-hybridized carbons (Fsp3) is 0.385. The Hall–Kier alpha value is -1.55. The molecule has 4 nitrogen and oxygen atoms in total. The molecule has 5 heteroatoms. The van der Waals surface area contributed by atoms with Crippen LogP contribution in [0.25, 0.3) is 0 Å². The molecule has 2 N–H and O–H groups in total. The molecule has 0 spiro atoms. The number of rotatable bonds is 3. The molecule has 1 fully saturated rings. The molecule has 1 atom stereocenters. The van der Waals surface area contributed by atoms with E-state index in [4.69, 9.17) is 11.6 Å². The van der Waals surface area contributed by atoms with Crippen LogP contribution in [-0.4, -0.2) is 18.4 Å². The van der Waals surface area contributed by atoms with Crippen molar-refractivity contribution in [3.8, 4) is 0 Å². The molecule has 0 aromatic heterocycles. The first-order chi connectivity index (χ1) is 8.51. The Morgan fingerprint density at radius 2 is 2.22 bits per heavy atom. The molecular weight excluding hydrogens is 252 g/mol. The van der Waals surface area contributed by atoms with Crippen molar-refractivity contribution in [2.24, 2.45) is 5.41 Å². The highest BCUT2D eigenvalue weighted by Crippen LogP contribution is 2.25. The second-order valence-electron chi connectivity index (χ2n) is 4.79. The SMILES string of the molecule is CC1(C(=O)NCc2ccccc2Cl)CNC(=O)C1. The predicted octanol–water partition coefficient (Wildman–Crippen LogP) is 1.48. The Balaban J connectivity index is 1.97. The van der Waals surface area contributed by atoms with Crippen molar-refractivity contribution in [2.45, 2.75) is 19.9 Å². The van der Waals surface area contributed by atoms with Gasteiger partial charge in [-0.15, -0.1) is 0 Å². The minimum atomic E-state index is -0.654. The van der Waals surface area contributed by atoms with Crippen LogP contribution in [0.5, 0.6) is 0 Å². The number of carbonyl (C=O) groups excluding carboxylic acids is 2. The molecule has 1 saturated heterocycles. The molecule has 0 saturated carbocycles. The summed E-state index contributed by atoms with van der Waals surface area (Å²) in [5.41, 5.74) is 0.214. The first kappa shape index (κ1) is 12.9. The number of amides is 2. The maximum absolute atomic E-state index is 12.1. The summed E-state index contributed by atoms with van der Waals surface area (Å²) in [6.45, 7) is 2.55. The molecule has 1 unspecified atom stereocenters. The van der Waals surface area contributed by atoms with E-state index in [1.165, 1.54) is 0 Å². The summed E-state index contributed by atoms with van der Waals surface area (Å²) < 4.78 is 0. The van der Waals surface area contributed by atoms with Gasteiger partial charge >= 0.3 is 0 Å². The van der Waals surface area contributed by atoms with E-state index in [2.05, 4.69) is 10.6 Å². The molecule has 2 rings (SSSR count). The Bertz CT molecular complexity index is 490. The number of benzene rings is 1. The van der Waals surface area contributed by atoms with E-state index < -0.39 is 5.41 Å². The van der Waals surface area contributed by atoms with Gasteiger partial charge in [0.15, 0.2) is 0 Å². The highest BCUT2D eigenvalue weighted by Gasteiger charge is 2.40. The van der Waals surface area contributed by atoms with E-state index in [1.807, 2.05) is 18.2 Å². The number of carbonyl (C=O) groups is 2. The third kappa shape index (κ3) is 2.64. The quantitative estimate of drug-likeness (QED) is 0.871. The summed E-state index contributed by atoms with van der Waals surface area (Å²) in [6, 6.07) is 7.36. The van der Waals surface area contributed by atoms with Crippen LogP contribution >= 0.6 is 11.6 Å². The van der Waals surface area contributed by atoms with Crippen molar-refractivity contribution in [3.05, 3.63) is 34.9 Å². The normalized spacial score (nSPS) is 22.7. The lowest BCUT2D eigenvalue weighted by Crippen LogP contribution is -2.40. The van der Waals surface area contributed by atoms with Crippen LogP contribution in [0.4, 0.5) is 0 Å². The predicted molar refractivity (Wildman–Crippen MR) is 69.0 cm³/mol. The first-order valence-corrected chi connectivity index (χ1v) is 6.17. The van der Waals surface area contributed by atoms with Crippen LogP contribution in [0.1, 0.15) is 18.9 Å². The van der Waals surface area contributed by atoms with Crippen molar-refractivity contribution in [1.29, 1.82) is 0 Å². The Labute approximate surface area is 111 Å². The summed E-state index contributed by atoms with van der Waals surface area (Å²) in [5.74, 6) is -0.203. The standard InChI is InChI=1S/C13H15ClN2O2/c1-13(6-11(17)16-8-13)12(18)15-7-9-4-2-3-5-10(9)14/h2-5H,6-8H2,1H3,(H,15,18)(H,16,17). The minimum absolute atomic E-state index is 0.0783. The monoisotopic (exact) mass is 266 g/mol. The van der Waals surface area contributed by atoms with Gasteiger partial charge < -0.3 is 10.6 Å². The summed E-state index contributed by atoms with van der Waals surface area (Å²) in [4.78, 5) is 23.2. The van der Waals surface area contributed by atoms with Gasteiger partial charge in [-0.2, -0.15) is 0 Å². The van der Waals surface area contributed by atoms with Gasteiger partial charge in [0.2, 0.25) is 11.8 Å². The van der Waals surface area contributed by atoms with Crippen molar-refractivity contribution >= 4 is 23.4 Å². The molecule has 1 heterocycles. The second kappa shape index (κ2) is 4.98. The van der Waals surface area contributed by atoms with Gasteiger partial charge in [-0.1, -0.05) is 29.8 Å². The number of hydrogen-bond acceptors (Lipinski definition) is 2. The molecule has 96 valence electrons. The lowest BCUT2D eigenvalue weighted by molar-refractivity contribution is -0.131. The van der Waals surface area contributed by atoms with Crippen LogP contribution in [0.3, 0.4) is 0 Å². The third-order valence-electron chi connectivity index (χ3n) is 3.17. The maximum Gasteiger partial charge on any atom is 0.228 e. The summed E-state index contributed by atoms with van der Waals surface area (Å²) >= 11 is 6.01. The van der Waals surface area contributed by atoms with E-state index in [0.29, 0.717) is 18.1 Å². The molecule has 1 aromatic rings. The van der Waals surface area contributed by atoms with Crippen molar-refractivity contribution in [1.82, 2.24) is 10.6 Å². The number of hydrogen-bond donors (Lipinski definition) is 2. The largest absolute Gasteiger partial charge is 0.355 e. The molecular formula is C13H15ClN2O2. The highest BCUT2D eigenvalue weighted by molar-refractivity contribution is 6.31.